The van der Waals surface area contributed by atoms with E-state index in [2.05, 4.69) is 5.32 Å². The molecule has 1 aliphatic carbocycles. The van der Waals surface area contributed by atoms with E-state index >= 15 is 0 Å². The van der Waals surface area contributed by atoms with Gasteiger partial charge < -0.3 is 15.1 Å². The van der Waals surface area contributed by atoms with Crippen molar-refractivity contribution in [1.82, 2.24) is 9.80 Å². The van der Waals surface area contributed by atoms with E-state index in [0.29, 0.717) is 24.3 Å². The summed E-state index contributed by atoms with van der Waals surface area (Å²) < 4.78 is 26.8. The van der Waals surface area contributed by atoms with Gasteiger partial charge in [0.25, 0.3) is 0 Å². The van der Waals surface area contributed by atoms with Gasteiger partial charge in [0.15, 0.2) is 0 Å². The van der Waals surface area contributed by atoms with Gasteiger partial charge in [0.1, 0.15) is 11.6 Å². The highest BCUT2D eigenvalue weighted by Crippen LogP contribution is 2.32. The lowest BCUT2D eigenvalue weighted by molar-refractivity contribution is -0.137. The summed E-state index contributed by atoms with van der Waals surface area (Å²) in [6, 6.07) is 7.88. The second-order valence-electron chi connectivity index (χ2n) is 8.18. The molecular weight excluding hydrogens is 459 g/mol. The van der Waals surface area contributed by atoms with Crippen LogP contribution in [-0.4, -0.2) is 46.9 Å². The number of carbonyl (C=O) groups is 2. The highest BCUT2D eigenvalue weighted by atomic mass is 35.5. The molecule has 1 N–H and O–H groups in total. The minimum atomic E-state index is -0.549. The lowest BCUT2D eigenvalue weighted by Gasteiger charge is -2.49. The molecule has 170 valence electrons. The second kappa shape index (κ2) is 9.63. The zero-order valence-corrected chi connectivity index (χ0v) is 18.8. The van der Waals surface area contributed by atoms with Gasteiger partial charge in [-0.15, -0.1) is 0 Å². The number of carbonyl (C=O) groups excluding carboxylic acids is 2. The predicted octanol–water partition coefficient (Wildman–Crippen LogP) is 5.50. The predicted molar refractivity (Wildman–Crippen MR) is 120 cm³/mol. The smallest absolute Gasteiger partial charge is 0.322 e. The Labute approximate surface area is 195 Å². The number of halogens is 4. The number of hydrogen-bond acceptors (Lipinski definition) is 2. The van der Waals surface area contributed by atoms with Crippen molar-refractivity contribution in [2.45, 2.75) is 44.2 Å². The largest absolute Gasteiger partial charge is 0.336 e. The fourth-order valence-electron chi connectivity index (χ4n) is 4.62. The van der Waals surface area contributed by atoms with Gasteiger partial charge in [-0.3, -0.25) is 4.79 Å². The fourth-order valence-corrected chi connectivity index (χ4v) is 5.01. The van der Waals surface area contributed by atoms with Crippen molar-refractivity contribution in [3.8, 4) is 0 Å². The SMILES string of the molecule is O=C(Cc1ccc(F)c(Cl)c1)N1CCN(C(=O)Nc2ccc(F)c(Cl)c2)[C@H]2CCCC[C@@H]21. The third-order valence-corrected chi connectivity index (χ3v) is 6.75. The molecule has 0 bridgehead atoms. The molecule has 5 nitrogen and oxygen atoms in total. The van der Waals surface area contributed by atoms with E-state index in [9.17, 15) is 18.4 Å². The van der Waals surface area contributed by atoms with Gasteiger partial charge in [-0.25, -0.2) is 13.6 Å². The van der Waals surface area contributed by atoms with Crippen molar-refractivity contribution in [2.24, 2.45) is 0 Å². The zero-order valence-electron chi connectivity index (χ0n) is 17.3. The number of benzene rings is 2. The van der Waals surface area contributed by atoms with Crippen LogP contribution in [0.2, 0.25) is 10.0 Å². The van der Waals surface area contributed by atoms with Crippen LogP contribution >= 0.6 is 23.2 Å². The minimum Gasteiger partial charge on any atom is -0.336 e. The van der Waals surface area contributed by atoms with Crippen molar-refractivity contribution in [3.05, 3.63) is 63.6 Å². The molecule has 1 saturated carbocycles. The second-order valence-corrected chi connectivity index (χ2v) is 9.00. The Kier molecular flexibility index (Phi) is 6.86. The van der Waals surface area contributed by atoms with E-state index in [0.717, 1.165) is 25.7 Å². The molecule has 0 spiro atoms. The average molecular weight is 482 g/mol. The maximum atomic E-state index is 13.4. The lowest BCUT2D eigenvalue weighted by Crippen LogP contribution is -2.64. The maximum absolute atomic E-state index is 13.4. The molecule has 1 heterocycles. The molecular formula is C23H23Cl2F2N3O2. The van der Waals surface area contributed by atoms with Crippen LogP contribution in [0.25, 0.3) is 0 Å². The van der Waals surface area contributed by atoms with Crippen molar-refractivity contribution in [2.75, 3.05) is 18.4 Å². The number of nitrogens with one attached hydrogen (secondary N) is 1. The number of urea groups is 1. The highest BCUT2D eigenvalue weighted by molar-refractivity contribution is 6.31. The van der Waals surface area contributed by atoms with Crippen molar-refractivity contribution < 1.29 is 18.4 Å². The molecule has 1 aliphatic heterocycles. The van der Waals surface area contributed by atoms with Crippen molar-refractivity contribution in [1.29, 1.82) is 0 Å². The Bertz CT molecular complexity index is 955. The van der Waals surface area contributed by atoms with Crippen LogP contribution in [0.4, 0.5) is 19.3 Å². The summed E-state index contributed by atoms with van der Waals surface area (Å²) in [5.41, 5.74) is 1.07. The summed E-state index contributed by atoms with van der Waals surface area (Å²) in [5, 5.41) is 2.72. The zero-order chi connectivity index (χ0) is 22.8. The number of amides is 3. The molecule has 3 amide bonds. The average Bonchev–Trinajstić information content (AvgIpc) is 2.78. The summed E-state index contributed by atoms with van der Waals surface area (Å²) in [4.78, 5) is 29.7. The molecule has 2 aromatic carbocycles. The molecule has 1 saturated heterocycles. The number of fused-ring (bicyclic) bond motifs is 1. The molecule has 0 unspecified atom stereocenters. The normalized spacial score (nSPS) is 20.6. The first-order valence-electron chi connectivity index (χ1n) is 10.6. The van der Waals surface area contributed by atoms with Crippen LogP contribution in [0.1, 0.15) is 31.2 Å². The summed E-state index contributed by atoms with van der Waals surface area (Å²) in [6.45, 7) is 0.796. The van der Waals surface area contributed by atoms with Gasteiger partial charge in [0, 0.05) is 18.8 Å². The Morgan fingerprint density at radius 3 is 2.16 bits per heavy atom. The monoisotopic (exact) mass is 481 g/mol. The number of rotatable bonds is 3. The van der Waals surface area contributed by atoms with E-state index < -0.39 is 11.6 Å². The third-order valence-electron chi connectivity index (χ3n) is 6.17. The van der Waals surface area contributed by atoms with Crippen LogP contribution < -0.4 is 5.32 Å². The summed E-state index contributed by atoms with van der Waals surface area (Å²) in [7, 11) is 0. The Morgan fingerprint density at radius 1 is 0.906 bits per heavy atom. The van der Waals surface area contributed by atoms with E-state index in [1.165, 1.54) is 30.3 Å². The Morgan fingerprint density at radius 2 is 1.50 bits per heavy atom. The standard InChI is InChI=1S/C23H23Cl2F2N3O2/c24-16-11-14(5-7-18(16)26)12-22(31)29-9-10-30(21-4-2-1-3-20(21)29)23(32)28-15-6-8-19(27)17(25)13-15/h5-8,11,13,20-21H,1-4,9-10,12H2,(H,28,32)/t20-,21-/m0/s1. The highest BCUT2D eigenvalue weighted by Gasteiger charge is 2.41. The summed E-state index contributed by atoms with van der Waals surface area (Å²) in [6.07, 6.45) is 3.70. The molecule has 4 rings (SSSR count). The lowest BCUT2D eigenvalue weighted by atomic mass is 9.86. The number of piperazine rings is 1. The Hall–Kier alpha value is -2.38. The molecule has 2 fully saturated rings. The van der Waals surface area contributed by atoms with Crippen LogP contribution in [0.15, 0.2) is 36.4 Å². The van der Waals surface area contributed by atoms with Crippen LogP contribution in [0, 0.1) is 11.6 Å². The molecule has 0 aromatic heterocycles. The van der Waals surface area contributed by atoms with Gasteiger partial charge in [-0.1, -0.05) is 42.1 Å². The summed E-state index contributed by atoms with van der Waals surface area (Å²) in [5.74, 6) is -1.13. The topological polar surface area (TPSA) is 52.7 Å². The minimum absolute atomic E-state index is 0.00627. The number of anilines is 1. The van der Waals surface area contributed by atoms with Gasteiger partial charge in [-0.2, -0.15) is 0 Å². The fraction of sp³-hybridized carbons (Fsp3) is 0.391. The Balaban J connectivity index is 1.46. The first-order chi connectivity index (χ1) is 15.3. The first kappa shape index (κ1) is 22.8. The van der Waals surface area contributed by atoms with E-state index in [1.807, 2.05) is 4.90 Å². The van der Waals surface area contributed by atoms with E-state index in [4.69, 9.17) is 23.2 Å². The molecule has 2 aliphatic rings. The van der Waals surface area contributed by atoms with Gasteiger partial charge in [0.2, 0.25) is 5.91 Å². The van der Waals surface area contributed by atoms with Crippen LogP contribution in [0.3, 0.4) is 0 Å². The van der Waals surface area contributed by atoms with Gasteiger partial charge in [0.05, 0.1) is 28.5 Å². The van der Waals surface area contributed by atoms with Crippen molar-refractivity contribution in [3.63, 3.8) is 0 Å². The molecule has 32 heavy (non-hydrogen) atoms. The summed E-state index contributed by atoms with van der Waals surface area (Å²) >= 11 is 11.7. The molecule has 0 radical (unpaired) electrons. The van der Waals surface area contributed by atoms with E-state index in [-0.39, 0.29) is 40.5 Å². The van der Waals surface area contributed by atoms with E-state index in [1.54, 1.807) is 11.0 Å². The van der Waals surface area contributed by atoms with Gasteiger partial charge >= 0.3 is 6.03 Å². The number of hydrogen-bond donors (Lipinski definition) is 1. The van der Waals surface area contributed by atoms with Gasteiger partial charge in [-0.05, 0) is 48.7 Å². The first-order valence-corrected chi connectivity index (χ1v) is 11.3. The third kappa shape index (κ3) is 4.84. The van der Waals surface area contributed by atoms with Crippen LogP contribution in [-0.2, 0) is 11.2 Å². The molecule has 9 heteroatoms. The molecule has 2 aromatic rings. The quantitative estimate of drug-likeness (QED) is 0.628. The van der Waals surface area contributed by atoms with Crippen molar-refractivity contribution >= 4 is 40.8 Å². The number of nitrogens with zero attached hydrogens (tertiary/aromatic N) is 2. The molecule has 2 atom stereocenters. The van der Waals surface area contributed by atoms with Crippen LogP contribution in [0.5, 0.6) is 0 Å². The maximum Gasteiger partial charge on any atom is 0.322 e.